The Morgan fingerprint density at radius 2 is 1.82 bits per heavy atom. The molecule has 2 amide bonds. The lowest BCUT2D eigenvalue weighted by molar-refractivity contribution is -0.128. The van der Waals surface area contributed by atoms with Crippen LogP contribution in [0.4, 0.5) is 14.5 Å². The lowest BCUT2D eigenvalue weighted by Crippen LogP contribution is -2.31. The van der Waals surface area contributed by atoms with Gasteiger partial charge in [0.15, 0.2) is 6.23 Å². The summed E-state index contributed by atoms with van der Waals surface area (Å²) in [6.45, 7) is 0.0784. The average molecular weight is 579 g/mol. The Hall–Kier alpha value is -3.89. The van der Waals surface area contributed by atoms with Gasteiger partial charge in [0.1, 0.15) is 23.9 Å². The smallest absolute Gasteiger partial charge is 0.250 e. The van der Waals surface area contributed by atoms with Crippen LogP contribution >= 0.6 is 15.9 Å². The van der Waals surface area contributed by atoms with E-state index in [-0.39, 0.29) is 43.6 Å². The molecule has 1 atom stereocenters. The summed E-state index contributed by atoms with van der Waals surface area (Å²) in [7, 11) is 0. The summed E-state index contributed by atoms with van der Waals surface area (Å²) in [5.41, 5.74) is 4.29. The van der Waals surface area contributed by atoms with Crippen molar-refractivity contribution in [2.75, 3.05) is 18.5 Å². The molecule has 10 heteroatoms. The summed E-state index contributed by atoms with van der Waals surface area (Å²) >= 11 is 3.43. The van der Waals surface area contributed by atoms with E-state index in [9.17, 15) is 18.4 Å². The van der Waals surface area contributed by atoms with Gasteiger partial charge in [-0.15, -0.1) is 0 Å². The second kappa shape index (κ2) is 9.77. The van der Waals surface area contributed by atoms with Crippen LogP contribution in [-0.2, 0) is 27.2 Å². The molecule has 3 aromatic carbocycles. The number of hydrogen-bond acceptors (Lipinski definition) is 4. The molecule has 0 unspecified atom stereocenters. The minimum atomic E-state index is -0.757. The van der Waals surface area contributed by atoms with E-state index in [4.69, 9.17) is 9.84 Å². The minimum absolute atomic E-state index is 0.123. The number of benzene rings is 3. The van der Waals surface area contributed by atoms with Crippen LogP contribution < -0.4 is 5.32 Å². The first-order valence-corrected chi connectivity index (χ1v) is 12.8. The van der Waals surface area contributed by atoms with Crippen LogP contribution in [0.15, 0.2) is 71.3 Å². The van der Waals surface area contributed by atoms with E-state index < -0.39 is 12.0 Å². The number of fused-ring (bicyclic) bond motifs is 1. The number of halogens is 3. The van der Waals surface area contributed by atoms with Crippen molar-refractivity contribution in [2.45, 2.75) is 19.1 Å². The largest absolute Gasteiger partial charge is 0.344 e. The van der Waals surface area contributed by atoms with Crippen LogP contribution in [0.5, 0.6) is 0 Å². The molecule has 2 aliphatic rings. The zero-order valence-electron chi connectivity index (χ0n) is 20.0. The second-order valence-corrected chi connectivity index (χ2v) is 10.1. The van der Waals surface area contributed by atoms with Crippen LogP contribution in [0, 0.1) is 11.6 Å². The zero-order valence-corrected chi connectivity index (χ0v) is 21.5. The lowest BCUT2D eigenvalue weighted by atomic mass is 10.0. The number of nitrogens with one attached hydrogen (secondary N) is 1. The third-order valence-corrected chi connectivity index (χ3v) is 7.23. The van der Waals surface area contributed by atoms with Crippen LogP contribution in [0.1, 0.15) is 22.9 Å². The maximum Gasteiger partial charge on any atom is 0.250 e. The molecular formula is C28H21BrF2N4O3. The van der Waals surface area contributed by atoms with Crippen molar-refractivity contribution in [3.05, 3.63) is 99.7 Å². The third kappa shape index (κ3) is 4.61. The van der Waals surface area contributed by atoms with Crippen LogP contribution in [0.25, 0.3) is 16.9 Å². The number of amides is 2. The van der Waals surface area contributed by atoms with Gasteiger partial charge in [-0.05, 0) is 72.1 Å². The quantitative estimate of drug-likeness (QED) is 0.342. The fraction of sp³-hybridized carbons (Fsp3) is 0.179. The summed E-state index contributed by atoms with van der Waals surface area (Å²) in [6, 6.07) is 16.5. The molecule has 0 aliphatic carbocycles. The number of ether oxygens (including phenoxy) is 1. The molecular weight excluding hydrogens is 558 g/mol. The Labute approximate surface area is 225 Å². The maximum atomic E-state index is 14.8. The van der Waals surface area contributed by atoms with Gasteiger partial charge < -0.3 is 15.0 Å². The Morgan fingerprint density at radius 1 is 1.05 bits per heavy atom. The number of anilines is 1. The first kappa shape index (κ1) is 24.4. The fourth-order valence-electron chi connectivity index (χ4n) is 4.81. The summed E-state index contributed by atoms with van der Waals surface area (Å²) < 4.78 is 37.0. The van der Waals surface area contributed by atoms with Crippen molar-refractivity contribution in [1.29, 1.82) is 0 Å². The van der Waals surface area contributed by atoms with Crippen LogP contribution in [-0.4, -0.2) is 39.6 Å². The summed E-state index contributed by atoms with van der Waals surface area (Å²) in [4.78, 5) is 26.1. The van der Waals surface area contributed by atoms with Gasteiger partial charge in [0, 0.05) is 34.0 Å². The van der Waals surface area contributed by atoms with E-state index in [0.29, 0.717) is 28.1 Å². The van der Waals surface area contributed by atoms with E-state index in [0.717, 1.165) is 15.7 Å². The fourth-order valence-corrected chi connectivity index (χ4v) is 5.08. The van der Waals surface area contributed by atoms with Crippen molar-refractivity contribution in [3.63, 3.8) is 0 Å². The van der Waals surface area contributed by atoms with Gasteiger partial charge in [-0.1, -0.05) is 22.0 Å². The summed E-state index contributed by atoms with van der Waals surface area (Å²) in [5, 5.41) is 7.40. The molecule has 1 saturated heterocycles. The molecule has 2 aliphatic heterocycles. The summed E-state index contributed by atoms with van der Waals surface area (Å²) in [6.07, 6.45) is 1.48. The second-order valence-electron chi connectivity index (χ2n) is 9.19. The van der Waals surface area contributed by atoms with Crippen molar-refractivity contribution in [1.82, 2.24) is 14.7 Å². The molecule has 1 fully saturated rings. The van der Waals surface area contributed by atoms with Gasteiger partial charge in [-0.2, -0.15) is 5.10 Å². The molecule has 4 aromatic rings. The van der Waals surface area contributed by atoms with Gasteiger partial charge in [0.2, 0.25) is 5.91 Å². The topological polar surface area (TPSA) is 76.5 Å². The first-order valence-electron chi connectivity index (χ1n) is 12.0. The average Bonchev–Trinajstić information content (AvgIpc) is 3.59. The van der Waals surface area contributed by atoms with Gasteiger partial charge in [0.05, 0.1) is 12.1 Å². The molecule has 38 heavy (non-hydrogen) atoms. The highest BCUT2D eigenvalue weighted by Gasteiger charge is 2.36. The van der Waals surface area contributed by atoms with Crippen LogP contribution in [0.3, 0.4) is 0 Å². The Balaban J connectivity index is 1.33. The Bertz CT molecular complexity index is 1550. The number of rotatable bonds is 6. The highest BCUT2D eigenvalue weighted by molar-refractivity contribution is 9.10. The third-order valence-electron chi connectivity index (χ3n) is 6.70. The van der Waals surface area contributed by atoms with E-state index in [2.05, 4.69) is 21.2 Å². The van der Waals surface area contributed by atoms with Crippen molar-refractivity contribution >= 4 is 33.4 Å². The molecule has 3 heterocycles. The minimum Gasteiger partial charge on any atom is -0.344 e. The molecule has 0 spiro atoms. The van der Waals surface area contributed by atoms with Crippen molar-refractivity contribution < 1.29 is 23.1 Å². The monoisotopic (exact) mass is 578 g/mol. The van der Waals surface area contributed by atoms with E-state index in [1.54, 1.807) is 34.0 Å². The predicted molar refractivity (Wildman–Crippen MR) is 140 cm³/mol. The Morgan fingerprint density at radius 3 is 2.58 bits per heavy atom. The van der Waals surface area contributed by atoms with Gasteiger partial charge in [-0.25, -0.2) is 13.5 Å². The number of hydrogen-bond donors (Lipinski definition) is 1. The standard InChI is InChI=1S/C28H21BrF2N4O3/c29-19-3-7-21(8-4-19)35-14-22(27(33-35)16-1-5-20(30)6-2-16)28-34(26(37)15-38-28)10-9-17-11-18-12-25(36)32-24(18)13-23(17)31/h1-8,11,13-14,28H,9-10,12,15H2,(H,32,36)/t28-/m0/s1. The number of carbonyl (C=O) groups excluding carboxylic acids is 2. The van der Waals surface area contributed by atoms with E-state index in [1.165, 1.54) is 18.2 Å². The Kier molecular flexibility index (Phi) is 6.29. The molecule has 6 rings (SSSR count). The normalized spacial score (nSPS) is 16.7. The first-order chi connectivity index (χ1) is 18.4. The highest BCUT2D eigenvalue weighted by Crippen LogP contribution is 2.36. The maximum absolute atomic E-state index is 14.8. The molecule has 1 aromatic heterocycles. The van der Waals surface area contributed by atoms with E-state index >= 15 is 0 Å². The lowest BCUT2D eigenvalue weighted by Gasteiger charge is -2.23. The van der Waals surface area contributed by atoms with Gasteiger partial charge in [-0.3, -0.25) is 9.59 Å². The highest BCUT2D eigenvalue weighted by atomic mass is 79.9. The molecule has 0 bridgehead atoms. The molecule has 0 saturated carbocycles. The number of nitrogens with zero attached hydrogens (tertiary/aromatic N) is 3. The molecule has 192 valence electrons. The van der Waals surface area contributed by atoms with Crippen LogP contribution in [0.2, 0.25) is 0 Å². The van der Waals surface area contributed by atoms with E-state index in [1.807, 2.05) is 24.3 Å². The number of aromatic nitrogens is 2. The van der Waals surface area contributed by atoms with Gasteiger partial charge in [0.25, 0.3) is 5.91 Å². The van der Waals surface area contributed by atoms with Crippen molar-refractivity contribution in [2.24, 2.45) is 0 Å². The predicted octanol–water partition coefficient (Wildman–Crippen LogP) is 5.17. The SMILES string of the molecule is O=C1Cc2cc(CCN3C(=O)CO[C@H]3c3cn(-c4ccc(Br)cc4)nc3-c3ccc(F)cc3)c(F)cc2N1. The zero-order chi connectivity index (χ0) is 26.4. The number of carbonyl (C=O) groups is 2. The van der Waals surface area contributed by atoms with Gasteiger partial charge >= 0.3 is 0 Å². The molecule has 7 nitrogen and oxygen atoms in total. The summed E-state index contributed by atoms with van der Waals surface area (Å²) in [5.74, 6) is -1.21. The molecule has 1 N–H and O–H groups in total. The van der Waals surface area contributed by atoms with Crippen molar-refractivity contribution in [3.8, 4) is 16.9 Å². The molecule has 0 radical (unpaired) electrons.